The predicted molar refractivity (Wildman–Crippen MR) is 80.6 cm³/mol. The third kappa shape index (κ3) is 2.84. The van der Waals surface area contributed by atoms with E-state index in [1.807, 2.05) is 6.07 Å². The largest absolute Gasteiger partial charge is 0.266 e. The highest BCUT2D eigenvalue weighted by Crippen LogP contribution is 2.28. The summed E-state index contributed by atoms with van der Waals surface area (Å²) in [6.45, 7) is 1.94. The molecule has 108 valence electrons. The zero-order valence-electron chi connectivity index (χ0n) is 11.2. The fourth-order valence-corrected chi connectivity index (χ4v) is 3.86. The highest BCUT2D eigenvalue weighted by atomic mass is 35.5. The van der Waals surface area contributed by atoms with Gasteiger partial charge in [-0.25, -0.2) is 8.42 Å². The minimum Gasteiger partial charge on any atom is -0.266 e. The lowest BCUT2D eigenvalue weighted by molar-refractivity contribution is 0.591. The Balaban J connectivity index is 2.62. The number of rotatable bonds is 4. The van der Waals surface area contributed by atoms with Gasteiger partial charge in [0.15, 0.2) is 0 Å². The quantitative estimate of drug-likeness (QED) is 0.867. The van der Waals surface area contributed by atoms with E-state index in [0.717, 1.165) is 0 Å². The molecule has 0 unspecified atom stereocenters. The molecule has 5 nitrogen and oxygen atoms in total. The Labute approximate surface area is 128 Å². The number of anilines is 1. The fourth-order valence-electron chi connectivity index (χ4n) is 1.95. The summed E-state index contributed by atoms with van der Waals surface area (Å²) in [5.41, 5.74) is 0.433. The first-order valence-electron chi connectivity index (χ1n) is 6.13. The van der Waals surface area contributed by atoms with Crippen LogP contribution in [-0.4, -0.2) is 19.9 Å². The van der Waals surface area contributed by atoms with Crippen molar-refractivity contribution in [2.24, 2.45) is 0 Å². The van der Waals surface area contributed by atoms with Gasteiger partial charge in [-0.3, -0.25) is 9.29 Å². The predicted octanol–water partition coefficient (Wildman–Crippen LogP) is 2.82. The molecular formula is C14H12ClN3O2S. The average molecular weight is 322 g/mol. The third-order valence-corrected chi connectivity index (χ3v) is 5.15. The first-order chi connectivity index (χ1) is 10.0. The number of nitriles is 1. The molecule has 0 spiro atoms. The molecule has 7 heteroatoms. The number of hydrogen-bond donors (Lipinski definition) is 0. The maximum absolute atomic E-state index is 12.8. The lowest BCUT2D eigenvalue weighted by Gasteiger charge is -2.23. The van der Waals surface area contributed by atoms with E-state index in [0.29, 0.717) is 5.69 Å². The Hall–Kier alpha value is -2.10. The fraction of sp³-hybridized carbons (Fsp3) is 0.143. The van der Waals surface area contributed by atoms with Crippen LogP contribution in [0.25, 0.3) is 0 Å². The summed E-state index contributed by atoms with van der Waals surface area (Å²) in [5.74, 6) is 0. The summed E-state index contributed by atoms with van der Waals surface area (Å²) in [4.78, 5) is 3.77. The lowest BCUT2D eigenvalue weighted by atomic mass is 10.2. The second-order valence-electron chi connectivity index (χ2n) is 4.10. The maximum atomic E-state index is 12.8. The van der Waals surface area contributed by atoms with Crippen molar-refractivity contribution in [3.63, 3.8) is 0 Å². The summed E-state index contributed by atoms with van der Waals surface area (Å²) in [5, 5.41) is 9.28. The van der Waals surface area contributed by atoms with Gasteiger partial charge in [-0.2, -0.15) is 5.26 Å². The molecule has 2 rings (SSSR count). The van der Waals surface area contributed by atoms with Gasteiger partial charge < -0.3 is 0 Å². The van der Waals surface area contributed by atoms with E-state index in [2.05, 4.69) is 4.98 Å². The van der Waals surface area contributed by atoms with Crippen LogP contribution >= 0.6 is 11.6 Å². The Kier molecular flexibility index (Phi) is 4.46. The molecule has 0 saturated heterocycles. The van der Waals surface area contributed by atoms with Crippen molar-refractivity contribution in [3.05, 3.63) is 53.3 Å². The van der Waals surface area contributed by atoms with Crippen molar-refractivity contribution in [1.82, 2.24) is 4.98 Å². The van der Waals surface area contributed by atoms with Crippen LogP contribution in [0.4, 0.5) is 5.69 Å². The van der Waals surface area contributed by atoms with Crippen molar-refractivity contribution >= 4 is 27.3 Å². The zero-order chi connectivity index (χ0) is 15.5. The molecule has 1 aromatic heterocycles. The van der Waals surface area contributed by atoms with Gasteiger partial charge in [0.2, 0.25) is 0 Å². The number of pyridine rings is 1. The van der Waals surface area contributed by atoms with Crippen molar-refractivity contribution in [2.45, 2.75) is 11.8 Å². The van der Waals surface area contributed by atoms with E-state index in [1.54, 1.807) is 19.1 Å². The molecule has 0 fully saturated rings. The zero-order valence-corrected chi connectivity index (χ0v) is 12.8. The van der Waals surface area contributed by atoms with Gasteiger partial charge in [0.1, 0.15) is 11.0 Å². The van der Waals surface area contributed by atoms with E-state index in [9.17, 15) is 8.42 Å². The lowest BCUT2D eigenvalue weighted by Crippen LogP contribution is -2.31. The molecular weight excluding hydrogens is 310 g/mol. The van der Waals surface area contributed by atoms with E-state index >= 15 is 0 Å². The minimum atomic E-state index is -3.87. The number of hydrogen-bond acceptors (Lipinski definition) is 4. The summed E-state index contributed by atoms with van der Waals surface area (Å²) in [6.07, 6.45) is 3.02. The summed E-state index contributed by atoms with van der Waals surface area (Å²) < 4.78 is 26.8. The van der Waals surface area contributed by atoms with Crippen molar-refractivity contribution in [2.75, 3.05) is 10.8 Å². The standard InChI is InChI=1S/C14H12ClN3O2S/c1-2-18(11-6-8-17-9-7-11)21(19,20)14-5-3-4-13(15)12(14)10-16/h3-9H,2H2,1H3. The highest BCUT2D eigenvalue weighted by molar-refractivity contribution is 7.92. The monoisotopic (exact) mass is 321 g/mol. The minimum absolute atomic E-state index is 0.0494. The van der Waals surface area contributed by atoms with Crippen LogP contribution in [0, 0.1) is 11.3 Å². The Morgan fingerprint density at radius 2 is 1.95 bits per heavy atom. The van der Waals surface area contributed by atoms with Crippen LogP contribution in [0.2, 0.25) is 5.02 Å². The van der Waals surface area contributed by atoms with Crippen LogP contribution in [0.5, 0.6) is 0 Å². The molecule has 0 aliphatic heterocycles. The van der Waals surface area contributed by atoms with Gasteiger partial charge in [0, 0.05) is 18.9 Å². The first kappa shape index (κ1) is 15.3. The molecule has 0 aliphatic rings. The first-order valence-corrected chi connectivity index (χ1v) is 7.95. The Morgan fingerprint density at radius 3 is 2.52 bits per heavy atom. The van der Waals surface area contributed by atoms with Crippen LogP contribution in [0.3, 0.4) is 0 Å². The second kappa shape index (κ2) is 6.12. The SMILES string of the molecule is CCN(c1ccncc1)S(=O)(=O)c1cccc(Cl)c1C#N. The smallest absolute Gasteiger partial charge is 0.265 e. The van der Waals surface area contributed by atoms with E-state index < -0.39 is 10.0 Å². The van der Waals surface area contributed by atoms with Gasteiger partial charge >= 0.3 is 0 Å². The number of halogens is 1. The normalized spacial score (nSPS) is 10.9. The Bertz CT molecular complexity index is 786. The number of sulfonamides is 1. The van der Waals surface area contributed by atoms with Gasteiger partial charge in [-0.05, 0) is 31.2 Å². The van der Waals surface area contributed by atoms with Crippen molar-refractivity contribution in [1.29, 1.82) is 5.26 Å². The summed E-state index contributed by atoms with van der Waals surface area (Å²) >= 11 is 5.91. The molecule has 1 aromatic carbocycles. The third-order valence-electron chi connectivity index (χ3n) is 2.89. The highest BCUT2D eigenvalue weighted by Gasteiger charge is 2.27. The van der Waals surface area contributed by atoms with E-state index in [4.69, 9.17) is 16.9 Å². The number of benzene rings is 1. The average Bonchev–Trinajstić information content (AvgIpc) is 2.48. The van der Waals surface area contributed by atoms with Gasteiger partial charge in [-0.1, -0.05) is 17.7 Å². The molecule has 0 saturated carbocycles. The van der Waals surface area contributed by atoms with Crippen LogP contribution in [0.1, 0.15) is 12.5 Å². The Morgan fingerprint density at radius 1 is 1.29 bits per heavy atom. The van der Waals surface area contributed by atoms with E-state index in [-0.39, 0.29) is 22.0 Å². The molecule has 2 aromatic rings. The number of aromatic nitrogens is 1. The molecule has 0 atom stereocenters. The van der Waals surface area contributed by atoms with Crippen LogP contribution < -0.4 is 4.31 Å². The van der Waals surface area contributed by atoms with Crippen molar-refractivity contribution < 1.29 is 8.42 Å². The molecule has 0 N–H and O–H groups in total. The molecule has 0 amide bonds. The van der Waals surface area contributed by atoms with Gasteiger partial charge in [0.05, 0.1) is 16.3 Å². The van der Waals surface area contributed by atoms with Crippen LogP contribution in [0.15, 0.2) is 47.6 Å². The topological polar surface area (TPSA) is 74.1 Å². The molecule has 0 radical (unpaired) electrons. The maximum Gasteiger partial charge on any atom is 0.265 e. The number of nitrogens with zero attached hydrogens (tertiary/aromatic N) is 3. The molecule has 0 bridgehead atoms. The van der Waals surface area contributed by atoms with E-state index in [1.165, 1.54) is 34.9 Å². The molecule has 1 heterocycles. The van der Waals surface area contributed by atoms with Gasteiger partial charge in [0.25, 0.3) is 10.0 Å². The molecule has 21 heavy (non-hydrogen) atoms. The van der Waals surface area contributed by atoms with Crippen LogP contribution in [-0.2, 0) is 10.0 Å². The molecule has 0 aliphatic carbocycles. The summed E-state index contributed by atoms with van der Waals surface area (Å²) in [6, 6.07) is 9.42. The second-order valence-corrected chi connectivity index (χ2v) is 6.34. The van der Waals surface area contributed by atoms with Crippen molar-refractivity contribution in [3.8, 4) is 6.07 Å². The van der Waals surface area contributed by atoms with Gasteiger partial charge in [-0.15, -0.1) is 0 Å². The summed E-state index contributed by atoms with van der Waals surface area (Å²) in [7, 11) is -3.87.